The number of benzene rings is 2. The molecule has 3 aromatic rings. The highest BCUT2D eigenvalue weighted by Crippen LogP contribution is 2.33. The Balaban J connectivity index is 1.49. The van der Waals surface area contributed by atoms with Gasteiger partial charge in [-0.25, -0.2) is 9.37 Å². The first-order chi connectivity index (χ1) is 14.2. The highest BCUT2D eigenvalue weighted by atomic mass is 19.4. The lowest BCUT2D eigenvalue weighted by atomic mass is 10.0. The van der Waals surface area contributed by atoms with Gasteiger partial charge in [0.15, 0.2) is 0 Å². The minimum atomic E-state index is -4.60. The standard InChI is InChI=1S/C21H18F4N4O/c1-12-2-4-16(21(23,24)25)15(8-12)20(30)29-7-6-14(11-29)27-19-10-26-18-9-13(22)3-5-17(18)28-19/h2-5,8-10,14H,6-7,11H2,1H3,(H,27,28)/t14-/m1/s1. The van der Waals surface area contributed by atoms with E-state index in [0.717, 1.165) is 6.07 Å². The number of likely N-dealkylation sites (tertiary alicyclic amines) is 1. The monoisotopic (exact) mass is 418 g/mol. The molecule has 0 unspecified atom stereocenters. The summed E-state index contributed by atoms with van der Waals surface area (Å²) in [7, 11) is 0. The highest BCUT2D eigenvalue weighted by Gasteiger charge is 2.37. The predicted octanol–water partition coefficient (Wildman–Crippen LogP) is 4.42. The van der Waals surface area contributed by atoms with Crippen molar-refractivity contribution in [2.24, 2.45) is 0 Å². The smallest absolute Gasteiger partial charge is 0.364 e. The Kier molecular flexibility index (Phi) is 5.05. The molecule has 0 bridgehead atoms. The Hall–Kier alpha value is -3.23. The number of fused-ring (bicyclic) bond motifs is 1. The van der Waals surface area contributed by atoms with Crippen molar-refractivity contribution in [2.45, 2.75) is 25.6 Å². The van der Waals surface area contributed by atoms with Gasteiger partial charge in [0, 0.05) is 25.2 Å². The Bertz CT molecular complexity index is 1120. The molecule has 1 aliphatic heterocycles. The van der Waals surface area contributed by atoms with E-state index in [1.807, 2.05) is 0 Å². The summed E-state index contributed by atoms with van der Waals surface area (Å²) in [6.07, 6.45) is -2.58. The molecule has 0 radical (unpaired) electrons. The van der Waals surface area contributed by atoms with Gasteiger partial charge in [0.1, 0.15) is 11.6 Å². The van der Waals surface area contributed by atoms with Gasteiger partial charge in [-0.1, -0.05) is 11.6 Å². The van der Waals surface area contributed by atoms with Crippen LogP contribution in [0.3, 0.4) is 0 Å². The zero-order valence-electron chi connectivity index (χ0n) is 16.0. The van der Waals surface area contributed by atoms with Crippen LogP contribution in [-0.4, -0.2) is 39.9 Å². The summed E-state index contributed by atoms with van der Waals surface area (Å²) < 4.78 is 53.2. The third kappa shape index (κ3) is 4.05. The zero-order valence-corrected chi connectivity index (χ0v) is 16.0. The molecule has 9 heteroatoms. The number of halogens is 4. The topological polar surface area (TPSA) is 58.1 Å². The summed E-state index contributed by atoms with van der Waals surface area (Å²) in [4.78, 5) is 22.8. The molecule has 1 saturated heterocycles. The van der Waals surface area contributed by atoms with Crippen LogP contribution in [0.1, 0.15) is 27.9 Å². The molecular formula is C21H18F4N4O. The van der Waals surface area contributed by atoms with Gasteiger partial charge in [-0.3, -0.25) is 9.78 Å². The fraction of sp³-hybridized carbons (Fsp3) is 0.286. The first kappa shape index (κ1) is 20.1. The van der Waals surface area contributed by atoms with E-state index in [0.29, 0.717) is 35.4 Å². The fourth-order valence-corrected chi connectivity index (χ4v) is 3.58. The van der Waals surface area contributed by atoms with Crippen LogP contribution in [0.15, 0.2) is 42.6 Å². The molecule has 1 N–H and O–H groups in total. The molecule has 1 atom stereocenters. The zero-order chi connectivity index (χ0) is 21.5. The number of nitrogens with zero attached hydrogens (tertiary/aromatic N) is 3. The molecule has 0 spiro atoms. The number of carbonyl (C=O) groups is 1. The van der Waals surface area contributed by atoms with Crippen molar-refractivity contribution in [3.05, 3.63) is 65.1 Å². The minimum absolute atomic E-state index is 0.180. The number of aryl methyl sites for hydroxylation is 1. The highest BCUT2D eigenvalue weighted by molar-refractivity contribution is 5.96. The SMILES string of the molecule is Cc1ccc(C(F)(F)F)c(C(=O)N2CC[C@@H](Nc3cnc4cc(F)ccc4n3)C2)c1. The van der Waals surface area contributed by atoms with Gasteiger partial charge in [-0.2, -0.15) is 13.2 Å². The number of aromatic nitrogens is 2. The van der Waals surface area contributed by atoms with Gasteiger partial charge in [-0.05, 0) is 37.6 Å². The average Bonchev–Trinajstić information content (AvgIpc) is 3.15. The van der Waals surface area contributed by atoms with Crippen LogP contribution in [0, 0.1) is 12.7 Å². The minimum Gasteiger partial charge on any atom is -0.364 e. The molecule has 1 amide bonds. The molecule has 4 rings (SSSR count). The Morgan fingerprint density at radius 1 is 1.17 bits per heavy atom. The molecular weight excluding hydrogens is 400 g/mol. The lowest BCUT2D eigenvalue weighted by Crippen LogP contribution is -2.33. The van der Waals surface area contributed by atoms with Crippen molar-refractivity contribution in [3.8, 4) is 0 Å². The molecule has 156 valence electrons. The van der Waals surface area contributed by atoms with Crippen LogP contribution in [-0.2, 0) is 6.18 Å². The van der Waals surface area contributed by atoms with Gasteiger partial charge < -0.3 is 10.2 Å². The van der Waals surface area contributed by atoms with E-state index in [-0.39, 0.29) is 18.2 Å². The number of nitrogens with one attached hydrogen (secondary N) is 1. The van der Waals surface area contributed by atoms with Crippen molar-refractivity contribution in [2.75, 3.05) is 18.4 Å². The van der Waals surface area contributed by atoms with Crippen LogP contribution < -0.4 is 5.32 Å². The summed E-state index contributed by atoms with van der Waals surface area (Å²) in [5.41, 5.74) is 0.255. The molecule has 2 heterocycles. The third-order valence-corrected chi connectivity index (χ3v) is 5.04. The lowest BCUT2D eigenvalue weighted by Gasteiger charge is -2.20. The van der Waals surface area contributed by atoms with Gasteiger partial charge >= 0.3 is 6.18 Å². The molecule has 2 aromatic carbocycles. The van der Waals surface area contributed by atoms with Crippen molar-refractivity contribution >= 4 is 22.8 Å². The van der Waals surface area contributed by atoms with Crippen molar-refractivity contribution in [1.82, 2.24) is 14.9 Å². The summed E-state index contributed by atoms with van der Waals surface area (Å²) in [6, 6.07) is 7.48. The van der Waals surface area contributed by atoms with Crippen LogP contribution in [0.4, 0.5) is 23.4 Å². The average molecular weight is 418 g/mol. The molecule has 1 fully saturated rings. The van der Waals surface area contributed by atoms with Crippen molar-refractivity contribution in [1.29, 1.82) is 0 Å². The largest absolute Gasteiger partial charge is 0.417 e. The molecule has 0 aliphatic carbocycles. The molecule has 5 nitrogen and oxygen atoms in total. The van der Waals surface area contributed by atoms with E-state index in [1.165, 1.54) is 41.4 Å². The molecule has 1 aliphatic rings. The van der Waals surface area contributed by atoms with Gasteiger partial charge in [0.05, 0.1) is 28.4 Å². The Morgan fingerprint density at radius 3 is 2.73 bits per heavy atom. The van der Waals surface area contributed by atoms with Gasteiger partial charge in [0.2, 0.25) is 0 Å². The van der Waals surface area contributed by atoms with Gasteiger partial charge in [0.25, 0.3) is 5.91 Å². The van der Waals surface area contributed by atoms with Crippen LogP contribution in [0.5, 0.6) is 0 Å². The number of hydrogen-bond acceptors (Lipinski definition) is 4. The maximum absolute atomic E-state index is 13.3. The summed E-state index contributed by atoms with van der Waals surface area (Å²) in [6.45, 7) is 2.22. The summed E-state index contributed by atoms with van der Waals surface area (Å²) >= 11 is 0. The number of carbonyl (C=O) groups excluding carboxylic acids is 1. The van der Waals surface area contributed by atoms with Crippen molar-refractivity contribution in [3.63, 3.8) is 0 Å². The Labute approximate surface area is 169 Å². The first-order valence-electron chi connectivity index (χ1n) is 9.37. The number of hydrogen-bond donors (Lipinski definition) is 1. The fourth-order valence-electron chi connectivity index (χ4n) is 3.58. The predicted molar refractivity (Wildman–Crippen MR) is 104 cm³/mol. The normalized spacial score (nSPS) is 16.8. The van der Waals surface area contributed by atoms with Crippen LogP contribution in [0.25, 0.3) is 11.0 Å². The Morgan fingerprint density at radius 2 is 1.97 bits per heavy atom. The van der Waals surface area contributed by atoms with Crippen molar-refractivity contribution < 1.29 is 22.4 Å². The van der Waals surface area contributed by atoms with E-state index >= 15 is 0 Å². The summed E-state index contributed by atoms with van der Waals surface area (Å²) in [5, 5.41) is 3.16. The number of rotatable bonds is 3. The van der Waals surface area contributed by atoms with E-state index in [2.05, 4.69) is 15.3 Å². The summed E-state index contributed by atoms with van der Waals surface area (Å²) in [5.74, 6) is -0.591. The number of anilines is 1. The molecule has 30 heavy (non-hydrogen) atoms. The maximum atomic E-state index is 13.3. The van der Waals surface area contributed by atoms with Crippen LogP contribution >= 0.6 is 0 Å². The van der Waals surface area contributed by atoms with E-state index in [4.69, 9.17) is 0 Å². The molecule has 0 saturated carbocycles. The van der Waals surface area contributed by atoms with Crippen LogP contribution in [0.2, 0.25) is 0 Å². The number of amides is 1. The quantitative estimate of drug-likeness (QED) is 0.640. The third-order valence-electron chi connectivity index (χ3n) is 5.04. The second kappa shape index (κ2) is 7.55. The second-order valence-electron chi connectivity index (χ2n) is 7.32. The van der Waals surface area contributed by atoms with E-state index in [9.17, 15) is 22.4 Å². The number of alkyl halides is 3. The maximum Gasteiger partial charge on any atom is 0.417 e. The molecule has 1 aromatic heterocycles. The van der Waals surface area contributed by atoms with E-state index < -0.39 is 23.5 Å². The first-order valence-corrected chi connectivity index (χ1v) is 9.37. The lowest BCUT2D eigenvalue weighted by molar-refractivity contribution is -0.138. The second-order valence-corrected chi connectivity index (χ2v) is 7.32. The van der Waals surface area contributed by atoms with E-state index in [1.54, 1.807) is 6.92 Å². The van der Waals surface area contributed by atoms with Gasteiger partial charge in [-0.15, -0.1) is 0 Å².